The van der Waals surface area contributed by atoms with Gasteiger partial charge in [-0.15, -0.1) is 0 Å². The Balaban J connectivity index is 2.21. The molecule has 1 unspecified atom stereocenters. The molecule has 1 aromatic carbocycles. The third-order valence-corrected chi connectivity index (χ3v) is 2.52. The molecule has 0 aliphatic rings. The maximum absolute atomic E-state index is 10.3. The van der Waals surface area contributed by atoms with Crippen LogP contribution in [-0.4, -0.2) is 27.3 Å². The topological polar surface area (TPSA) is 49.7 Å². The van der Waals surface area contributed by atoms with Crippen LogP contribution < -0.4 is 0 Å². The molecule has 86 valence electrons. The summed E-state index contributed by atoms with van der Waals surface area (Å²) in [7, 11) is 0. The Labute approximate surface area is 98.2 Å². The molecule has 1 aromatic rings. The largest absolute Gasteiger partial charge is 0.306 e. The van der Waals surface area contributed by atoms with Crippen LogP contribution in [0.25, 0.3) is 6.08 Å². The first kappa shape index (κ1) is 12.8. The monoisotopic (exact) mass is 237 g/mol. The molecule has 0 fully saturated rings. The highest BCUT2D eigenvalue weighted by Gasteiger charge is 1.90. The molecule has 3 nitrogen and oxygen atoms in total. The lowest BCUT2D eigenvalue weighted by Crippen LogP contribution is -1.96. The van der Waals surface area contributed by atoms with E-state index in [2.05, 4.69) is 4.99 Å². The predicted octanol–water partition coefficient (Wildman–Crippen LogP) is 2.38. The second-order valence-corrected chi connectivity index (χ2v) is 4.26. The van der Waals surface area contributed by atoms with Crippen molar-refractivity contribution in [2.24, 2.45) is 4.99 Å². The summed E-state index contributed by atoms with van der Waals surface area (Å²) < 4.78 is 18.8. The van der Waals surface area contributed by atoms with Gasteiger partial charge < -0.3 is 4.55 Å². The van der Waals surface area contributed by atoms with Gasteiger partial charge in [-0.05, 0) is 18.1 Å². The van der Waals surface area contributed by atoms with E-state index in [1.807, 2.05) is 42.5 Å². The lowest BCUT2D eigenvalue weighted by atomic mass is 10.2. The molecule has 0 radical (unpaired) electrons. The predicted molar refractivity (Wildman–Crippen MR) is 69.1 cm³/mol. The van der Waals surface area contributed by atoms with Gasteiger partial charge in [-0.1, -0.05) is 36.4 Å². The molecule has 4 heteroatoms. The Hall–Kier alpha value is -1.26. The minimum atomic E-state index is -1.69. The fraction of sp³-hybridized carbons (Fsp3) is 0.250. The molecule has 0 aromatic heterocycles. The fourth-order valence-corrected chi connectivity index (χ4v) is 1.51. The maximum Gasteiger partial charge on any atom is 0.152 e. The molecule has 0 spiro atoms. The normalized spacial score (nSPS) is 13.6. The molecule has 0 saturated heterocycles. The van der Waals surface area contributed by atoms with E-state index >= 15 is 0 Å². The van der Waals surface area contributed by atoms with Gasteiger partial charge in [-0.3, -0.25) is 4.99 Å². The Bertz CT molecular complexity index is 374. The van der Waals surface area contributed by atoms with Crippen molar-refractivity contribution in [2.45, 2.75) is 6.42 Å². The Kier molecular flexibility index (Phi) is 6.37. The lowest BCUT2D eigenvalue weighted by molar-refractivity contribution is 0.562. The van der Waals surface area contributed by atoms with Crippen LogP contribution in [0.15, 0.2) is 41.4 Å². The lowest BCUT2D eigenvalue weighted by Gasteiger charge is -1.90. The zero-order valence-electron chi connectivity index (χ0n) is 8.95. The van der Waals surface area contributed by atoms with Crippen LogP contribution >= 0.6 is 0 Å². The molecular weight excluding hydrogens is 222 g/mol. The van der Waals surface area contributed by atoms with E-state index in [-0.39, 0.29) is 0 Å². The van der Waals surface area contributed by atoms with Crippen molar-refractivity contribution >= 4 is 23.4 Å². The molecule has 0 saturated carbocycles. The van der Waals surface area contributed by atoms with Crippen LogP contribution in [0.4, 0.5) is 0 Å². The van der Waals surface area contributed by atoms with Gasteiger partial charge in [0.2, 0.25) is 0 Å². The summed E-state index contributed by atoms with van der Waals surface area (Å²) in [5.41, 5.74) is 1.13. The van der Waals surface area contributed by atoms with E-state index in [0.717, 1.165) is 5.56 Å². The molecular formula is C12H15NO2S. The maximum atomic E-state index is 10.3. The highest BCUT2D eigenvalue weighted by molar-refractivity contribution is 7.79. The van der Waals surface area contributed by atoms with E-state index in [4.69, 9.17) is 4.55 Å². The molecule has 1 N–H and O–H groups in total. The van der Waals surface area contributed by atoms with Crippen molar-refractivity contribution in [1.82, 2.24) is 0 Å². The van der Waals surface area contributed by atoms with Gasteiger partial charge in [0.25, 0.3) is 0 Å². The molecule has 0 bridgehead atoms. The van der Waals surface area contributed by atoms with Crippen molar-refractivity contribution in [3.8, 4) is 0 Å². The number of hydrogen-bond donors (Lipinski definition) is 1. The van der Waals surface area contributed by atoms with Crippen molar-refractivity contribution < 1.29 is 8.76 Å². The number of hydrogen-bond acceptors (Lipinski definition) is 2. The summed E-state index contributed by atoms with van der Waals surface area (Å²) in [4.78, 5) is 4.10. The van der Waals surface area contributed by atoms with Crippen LogP contribution in [-0.2, 0) is 11.1 Å². The van der Waals surface area contributed by atoms with Crippen molar-refractivity contribution in [2.75, 3.05) is 12.3 Å². The molecule has 1 rings (SSSR count). The molecule has 0 aliphatic heterocycles. The summed E-state index contributed by atoms with van der Waals surface area (Å²) in [5, 5.41) is 0. The smallest absolute Gasteiger partial charge is 0.152 e. The first-order chi connectivity index (χ1) is 7.79. The number of aliphatic imine (C=N–C) groups is 1. The first-order valence-corrected chi connectivity index (χ1v) is 6.35. The SMILES string of the molecule is O=S(O)CCCN=C/C=C/c1ccccc1. The van der Waals surface area contributed by atoms with E-state index in [1.54, 1.807) is 6.21 Å². The second-order valence-electron chi connectivity index (χ2n) is 3.20. The Morgan fingerprint density at radius 3 is 2.75 bits per heavy atom. The summed E-state index contributed by atoms with van der Waals surface area (Å²) in [6.45, 7) is 0.589. The van der Waals surface area contributed by atoms with Gasteiger partial charge in [0.1, 0.15) is 0 Å². The number of allylic oxidation sites excluding steroid dienone is 1. The molecule has 0 aliphatic carbocycles. The average molecular weight is 237 g/mol. The number of nitrogens with zero attached hydrogens (tertiary/aromatic N) is 1. The van der Waals surface area contributed by atoms with Crippen LogP contribution in [0, 0.1) is 0 Å². The highest BCUT2D eigenvalue weighted by Crippen LogP contribution is 1.99. The van der Waals surface area contributed by atoms with Crippen LogP contribution in [0.2, 0.25) is 0 Å². The van der Waals surface area contributed by atoms with Gasteiger partial charge in [0, 0.05) is 12.8 Å². The van der Waals surface area contributed by atoms with Gasteiger partial charge in [-0.2, -0.15) is 0 Å². The zero-order valence-corrected chi connectivity index (χ0v) is 9.77. The summed E-state index contributed by atoms with van der Waals surface area (Å²) >= 11 is -1.69. The fourth-order valence-electron chi connectivity index (χ4n) is 1.13. The zero-order chi connectivity index (χ0) is 11.6. The van der Waals surface area contributed by atoms with E-state index in [0.29, 0.717) is 18.7 Å². The van der Waals surface area contributed by atoms with Crippen molar-refractivity contribution in [3.05, 3.63) is 42.0 Å². The minimum absolute atomic E-state index is 0.291. The molecule has 0 heterocycles. The molecule has 1 atom stereocenters. The first-order valence-electron chi connectivity index (χ1n) is 5.08. The summed E-state index contributed by atoms with van der Waals surface area (Å²) in [5.74, 6) is 0.291. The van der Waals surface area contributed by atoms with Gasteiger partial charge in [-0.25, -0.2) is 4.21 Å². The third-order valence-electron chi connectivity index (χ3n) is 1.89. The molecule has 16 heavy (non-hydrogen) atoms. The van der Waals surface area contributed by atoms with Crippen molar-refractivity contribution in [1.29, 1.82) is 0 Å². The van der Waals surface area contributed by atoms with E-state index in [9.17, 15) is 4.21 Å². The van der Waals surface area contributed by atoms with Crippen molar-refractivity contribution in [3.63, 3.8) is 0 Å². The Morgan fingerprint density at radius 1 is 1.31 bits per heavy atom. The Morgan fingerprint density at radius 2 is 2.06 bits per heavy atom. The average Bonchev–Trinajstić information content (AvgIpc) is 2.29. The van der Waals surface area contributed by atoms with E-state index < -0.39 is 11.1 Å². The number of rotatable bonds is 6. The van der Waals surface area contributed by atoms with Gasteiger partial charge in [0.05, 0.1) is 5.75 Å². The van der Waals surface area contributed by atoms with Gasteiger partial charge >= 0.3 is 0 Å². The third kappa shape index (κ3) is 6.27. The van der Waals surface area contributed by atoms with Crippen LogP contribution in [0.5, 0.6) is 0 Å². The van der Waals surface area contributed by atoms with E-state index in [1.165, 1.54) is 0 Å². The summed E-state index contributed by atoms with van der Waals surface area (Å²) in [6.07, 6.45) is 6.19. The summed E-state index contributed by atoms with van der Waals surface area (Å²) in [6, 6.07) is 9.96. The molecule has 0 amide bonds. The second kappa shape index (κ2) is 7.96. The quantitative estimate of drug-likeness (QED) is 0.469. The van der Waals surface area contributed by atoms with Crippen LogP contribution in [0.3, 0.4) is 0 Å². The number of benzene rings is 1. The van der Waals surface area contributed by atoms with Gasteiger partial charge in [0.15, 0.2) is 11.1 Å². The minimum Gasteiger partial charge on any atom is -0.306 e. The standard InChI is InChI=1S/C12H15NO2S/c14-16(15)11-5-10-13-9-4-8-12-6-2-1-3-7-12/h1-4,6-9H,5,10-11H2,(H,14,15)/b8-4+,13-9?. The highest BCUT2D eigenvalue weighted by atomic mass is 32.2. The van der Waals surface area contributed by atoms with Crippen LogP contribution in [0.1, 0.15) is 12.0 Å².